The van der Waals surface area contributed by atoms with Crippen LogP contribution in [0.15, 0.2) is 0 Å². The van der Waals surface area contributed by atoms with Gasteiger partial charge < -0.3 is 0 Å². The maximum atomic E-state index is 11.8. The summed E-state index contributed by atoms with van der Waals surface area (Å²) in [6.45, 7) is 8.27. The van der Waals surface area contributed by atoms with E-state index < -0.39 is 9.84 Å². The van der Waals surface area contributed by atoms with Crippen molar-refractivity contribution in [2.75, 3.05) is 11.5 Å². The molecule has 0 fully saturated rings. The Morgan fingerprint density at radius 1 is 0.867 bits per heavy atom. The SMILES string of the molecule is CCCC(C)CS(=O)(=O)CC(C)CCC. The summed E-state index contributed by atoms with van der Waals surface area (Å²) in [5, 5.41) is 0. The van der Waals surface area contributed by atoms with Crippen molar-refractivity contribution in [1.29, 1.82) is 0 Å². The predicted octanol–water partition coefficient (Wildman–Crippen LogP) is 3.27. The van der Waals surface area contributed by atoms with Crippen LogP contribution >= 0.6 is 0 Å². The van der Waals surface area contributed by atoms with Gasteiger partial charge in [-0.15, -0.1) is 0 Å². The normalized spacial score (nSPS) is 16.3. The molecule has 0 radical (unpaired) electrons. The van der Waals surface area contributed by atoms with Crippen molar-refractivity contribution in [3.63, 3.8) is 0 Å². The van der Waals surface area contributed by atoms with Gasteiger partial charge in [0.05, 0.1) is 11.5 Å². The van der Waals surface area contributed by atoms with Crippen LogP contribution in [0.4, 0.5) is 0 Å². The summed E-state index contributed by atoms with van der Waals surface area (Å²) >= 11 is 0. The summed E-state index contributed by atoms with van der Waals surface area (Å²) < 4.78 is 23.6. The van der Waals surface area contributed by atoms with Gasteiger partial charge in [0, 0.05) is 0 Å². The van der Waals surface area contributed by atoms with Crippen LogP contribution < -0.4 is 0 Å². The second-order valence-corrected chi connectivity index (χ2v) is 7.02. The van der Waals surface area contributed by atoms with Crippen LogP contribution in [0.1, 0.15) is 53.4 Å². The van der Waals surface area contributed by atoms with Crippen molar-refractivity contribution in [3.05, 3.63) is 0 Å². The molecule has 0 saturated carbocycles. The Morgan fingerprint density at radius 3 is 1.47 bits per heavy atom. The molecule has 2 unspecified atom stereocenters. The lowest BCUT2D eigenvalue weighted by atomic mass is 10.1. The van der Waals surface area contributed by atoms with Gasteiger partial charge in [0.1, 0.15) is 0 Å². The smallest absolute Gasteiger partial charge is 0.150 e. The Balaban J connectivity index is 4.07. The first kappa shape index (κ1) is 14.9. The van der Waals surface area contributed by atoms with Crippen molar-refractivity contribution >= 4 is 9.84 Å². The zero-order valence-electron chi connectivity index (χ0n) is 10.6. The largest absolute Gasteiger partial charge is 0.229 e. The van der Waals surface area contributed by atoms with Crippen LogP contribution in [0.3, 0.4) is 0 Å². The van der Waals surface area contributed by atoms with Gasteiger partial charge in [0.2, 0.25) is 0 Å². The number of hydrogen-bond donors (Lipinski definition) is 0. The van der Waals surface area contributed by atoms with E-state index in [-0.39, 0.29) is 0 Å². The number of rotatable bonds is 8. The fraction of sp³-hybridized carbons (Fsp3) is 1.00. The molecule has 0 spiro atoms. The second-order valence-electron chi connectivity index (χ2n) is 4.86. The molecule has 0 aromatic carbocycles. The summed E-state index contributed by atoms with van der Waals surface area (Å²) in [5.41, 5.74) is 0. The first-order valence-corrected chi connectivity index (χ1v) is 7.93. The van der Waals surface area contributed by atoms with Crippen molar-refractivity contribution in [2.24, 2.45) is 11.8 Å². The monoisotopic (exact) mass is 234 g/mol. The zero-order valence-corrected chi connectivity index (χ0v) is 11.4. The third-order valence-corrected chi connectivity index (χ3v) is 4.79. The topological polar surface area (TPSA) is 34.1 Å². The van der Waals surface area contributed by atoms with Crippen LogP contribution in [0.2, 0.25) is 0 Å². The minimum atomic E-state index is -2.82. The molecule has 0 N–H and O–H groups in total. The predicted molar refractivity (Wildman–Crippen MR) is 66.8 cm³/mol. The molecule has 2 nitrogen and oxygen atoms in total. The van der Waals surface area contributed by atoms with E-state index in [1.807, 2.05) is 13.8 Å². The molecule has 0 heterocycles. The summed E-state index contributed by atoms with van der Waals surface area (Å²) in [7, 11) is -2.82. The molecule has 0 aliphatic carbocycles. The highest BCUT2D eigenvalue weighted by Crippen LogP contribution is 2.14. The standard InChI is InChI=1S/C12H26O2S/c1-5-7-11(3)9-15(13,14)10-12(4)8-6-2/h11-12H,5-10H2,1-4H3. The van der Waals surface area contributed by atoms with Crippen LogP contribution in [0.5, 0.6) is 0 Å². The lowest BCUT2D eigenvalue weighted by Crippen LogP contribution is -2.21. The molecule has 0 aromatic heterocycles. The van der Waals surface area contributed by atoms with E-state index in [1.54, 1.807) is 0 Å². The molecule has 0 amide bonds. The van der Waals surface area contributed by atoms with Crippen LogP contribution in [0.25, 0.3) is 0 Å². The highest BCUT2D eigenvalue weighted by Gasteiger charge is 2.18. The van der Waals surface area contributed by atoms with Crippen molar-refractivity contribution in [2.45, 2.75) is 53.4 Å². The molecule has 0 aromatic rings. The van der Waals surface area contributed by atoms with Crippen LogP contribution in [-0.2, 0) is 9.84 Å². The van der Waals surface area contributed by atoms with E-state index in [9.17, 15) is 8.42 Å². The Bertz CT molecular complexity index is 224. The van der Waals surface area contributed by atoms with Crippen LogP contribution in [-0.4, -0.2) is 19.9 Å². The minimum absolute atomic E-state index is 0.314. The van der Waals surface area contributed by atoms with E-state index >= 15 is 0 Å². The first-order valence-electron chi connectivity index (χ1n) is 6.11. The molecule has 3 heteroatoms. The molecule has 15 heavy (non-hydrogen) atoms. The van der Waals surface area contributed by atoms with Gasteiger partial charge in [-0.2, -0.15) is 0 Å². The summed E-state index contributed by atoms with van der Waals surface area (Å²) in [5.74, 6) is 1.37. The van der Waals surface area contributed by atoms with Crippen molar-refractivity contribution < 1.29 is 8.42 Å². The minimum Gasteiger partial charge on any atom is -0.229 e. The van der Waals surface area contributed by atoms with E-state index in [2.05, 4.69) is 13.8 Å². The van der Waals surface area contributed by atoms with E-state index in [1.165, 1.54) is 0 Å². The molecule has 0 bridgehead atoms. The quantitative estimate of drug-likeness (QED) is 0.646. The van der Waals surface area contributed by atoms with Gasteiger partial charge in [0.15, 0.2) is 9.84 Å². The molecule has 92 valence electrons. The fourth-order valence-electron chi connectivity index (χ4n) is 2.09. The van der Waals surface area contributed by atoms with Gasteiger partial charge >= 0.3 is 0 Å². The van der Waals surface area contributed by atoms with E-state index in [4.69, 9.17) is 0 Å². The van der Waals surface area contributed by atoms with E-state index in [0.717, 1.165) is 25.7 Å². The third kappa shape index (κ3) is 7.83. The summed E-state index contributed by atoms with van der Waals surface area (Å²) in [6.07, 6.45) is 4.17. The highest BCUT2D eigenvalue weighted by atomic mass is 32.2. The maximum Gasteiger partial charge on any atom is 0.150 e. The maximum absolute atomic E-state index is 11.8. The molecule has 2 atom stereocenters. The van der Waals surface area contributed by atoms with Gasteiger partial charge in [-0.25, -0.2) is 8.42 Å². The molecule has 0 aliphatic rings. The first-order chi connectivity index (χ1) is 6.91. The average Bonchev–Trinajstić information content (AvgIpc) is 2.01. The molecular formula is C12H26O2S. The Hall–Kier alpha value is -0.0500. The fourth-order valence-corrected chi connectivity index (χ4v) is 4.29. The van der Waals surface area contributed by atoms with Gasteiger partial charge in [-0.1, -0.05) is 53.4 Å². The van der Waals surface area contributed by atoms with E-state index in [0.29, 0.717) is 23.3 Å². The second kappa shape index (κ2) is 7.26. The van der Waals surface area contributed by atoms with Crippen molar-refractivity contribution in [3.8, 4) is 0 Å². The summed E-state index contributed by atoms with van der Waals surface area (Å²) in [4.78, 5) is 0. The third-order valence-electron chi connectivity index (χ3n) is 2.64. The zero-order chi connectivity index (χ0) is 11.9. The number of sulfone groups is 1. The number of hydrogen-bond acceptors (Lipinski definition) is 2. The lowest BCUT2D eigenvalue weighted by Gasteiger charge is -2.14. The van der Waals surface area contributed by atoms with Gasteiger partial charge in [0.25, 0.3) is 0 Å². The Labute approximate surface area is 95.4 Å². The Kier molecular flexibility index (Phi) is 7.24. The highest BCUT2D eigenvalue weighted by molar-refractivity contribution is 7.91. The molecule has 0 rings (SSSR count). The Morgan fingerprint density at radius 2 is 1.20 bits per heavy atom. The summed E-state index contributed by atoms with van der Waals surface area (Å²) in [6, 6.07) is 0. The van der Waals surface area contributed by atoms with Crippen molar-refractivity contribution in [1.82, 2.24) is 0 Å². The lowest BCUT2D eigenvalue weighted by molar-refractivity contribution is 0.522. The molecule has 0 saturated heterocycles. The molecule has 0 aliphatic heterocycles. The molecular weight excluding hydrogens is 208 g/mol. The van der Waals surface area contributed by atoms with Gasteiger partial charge in [-0.05, 0) is 11.8 Å². The average molecular weight is 234 g/mol. The van der Waals surface area contributed by atoms with Gasteiger partial charge in [-0.3, -0.25) is 0 Å². The van der Waals surface area contributed by atoms with Crippen LogP contribution in [0, 0.1) is 11.8 Å².